The van der Waals surface area contributed by atoms with E-state index in [1.807, 2.05) is 0 Å². The van der Waals surface area contributed by atoms with Crippen LogP contribution >= 0.6 is 0 Å². The smallest absolute Gasteiger partial charge is 0.0494 e. The van der Waals surface area contributed by atoms with Gasteiger partial charge in [0, 0.05) is 25.1 Å². The Morgan fingerprint density at radius 2 is 2.15 bits per heavy atom. The van der Waals surface area contributed by atoms with Crippen LogP contribution in [0.3, 0.4) is 0 Å². The summed E-state index contributed by atoms with van der Waals surface area (Å²) in [5, 5.41) is 9.15. The number of aliphatic hydroxyl groups excluding tert-OH is 1. The molecule has 1 fully saturated rings. The van der Waals surface area contributed by atoms with Crippen molar-refractivity contribution in [2.45, 2.75) is 33.6 Å². The molecule has 2 nitrogen and oxygen atoms in total. The summed E-state index contributed by atoms with van der Waals surface area (Å²) in [6, 6.07) is 0. The van der Waals surface area contributed by atoms with Gasteiger partial charge in [-0.25, -0.2) is 0 Å². The Bertz CT molecular complexity index is 156. The minimum Gasteiger partial charge on any atom is -0.396 e. The minimum atomic E-state index is 0.0721. The van der Waals surface area contributed by atoms with Gasteiger partial charge >= 0.3 is 0 Å². The van der Waals surface area contributed by atoms with Crippen LogP contribution in [0.25, 0.3) is 0 Å². The number of likely N-dealkylation sites (tertiary alicyclic amines) is 1. The average molecular weight is 185 g/mol. The quantitative estimate of drug-likeness (QED) is 0.721. The molecule has 0 aromatic heterocycles. The maximum Gasteiger partial charge on any atom is 0.0494 e. The second-order valence-corrected chi connectivity index (χ2v) is 5.12. The first kappa shape index (κ1) is 11.0. The molecule has 0 amide bonds. The largest absolute Gasteiger partial charge is 0.396 e. The normalized spacial score (nSPS) is 25.4. The van der Waals surface area contributed by atoms with E-state index in [0.717, 1.165) is 12.5 Å². The van der Waals surface area contributed by atoms with Gasteiger partial charge in [0.25, 0.3) is 0 Å². The molecule has 1 N–H and O–H groups in total. The van der Waals surface area contributed by atoms with E-state index >= 15 is 0 Å². The first-order chi connectivity index (χ1) is 6.07. The highest BCUT2D eigenvalue weighted by molar-refractivity contribution is 4.79. The van der Waals surface area contributed by atoms with Crippen LogP contribution in [0.5, 0.6) is 0 Å². The molecule has 0 spiro atoms. The predicted molar refractivity (Wildman–Crippen MR) is 55.7 cm³/mol. The van der Waals surface area contributed by atoms with E-state index < -0.39 is 0 Å². The Balaban J connectivity index is 2.31. The van der Waals surface area contributed by atoms with Crippen LogP contribution in [-0.4, -0.2) is 36.2 Å². The van der Waals surface area contributed by atoms with Crippen molar-refractivity contribution in [2.24, 2.45) is 11.3 Å². The number of hydrogen-bond donors (Lipinski definition) is 1. The monoisotopic (exact) mass is 185 g/mol. The van der Waals surface area contributed by atoms with Crippen LogP contribution in [0, 0.1) is 11.3 Å². The Morgan fingerprint density at radius 1 is 1.46 bits per heavy atom. The van der Waals surface area contributed by atoms with Crippen molar-refractivity contribution < 1.29 is 5.11 Å². The van der Waals surface area contributed by atoms with Crippen molar-refractivity contribution in [1.29, 1.82) is 0 Å². The van der Waals surface area contributed by atoms with Gasteiger partial charge in [-0.05, 0) is 18.9 Å². The highest BCUT2D eigenvalue weighted by Crippen LogP contribution is 2.23. The Morgan fingerprint density at radius 3 is 2.62 bits per heavy atom. The minimum absolute atomic E-state index is 0.0721. The van der Waals surface area contributed by atoms with Crippen molar-refractivity contribution >= 4 is 0 Å². The lowest BCUT2D eigenvalue weighted by atomic mass is 9.94. The SMILES string of the molecule is CCC1CCN(CC(C)(C)CO)C1. The molecule has 0 aliphatic carbocycles. The van der Waals surface area contributed by atoms with Crippen molar-refractivity contribution in [1.82, 2.24) is 4.90 Å². The standard InChI is InChI=1S/C11H23NO/c1-4-10-5-6-12(7-10)8-11(2,3)9-13/h10,13H,4-9H2,1-3H3. The molecule has 1 saturated heterocycles. The third kappa shape index (κ3) is 3.28. The van der Waals surface area contributed by atoms with Gasteiger partial charge < -0.3 is 10.0 Å². The molecule has 1 aliphatic rings. The first-order valence-corrected chi connectivity index (χ1v) is 5.40. The molecule has 0 aromatic rings. The maximum absolute atomic E-state index is 9.15. The Kier molecular flexibility index (Phi) is 3.74. The molecule has 0 aromatic carbocycles. The van der Waals surface area contributed by atoms with E-state index in [9.17, 15) is 0 Å². The van der Waals surface area contributed by atoms with E-state index in [1.54, 1.807) is 0 Å². The first-order valence-electron chi connectivity index (χ1n) is 5.40. The zero-order chi connectivity index (χ0) is 9.90. The summed E-state index contributed by atoms with van der Waals surface area (Å²) in [5.74, 6) is 0.898. The van der Waals surface area contributed by atoms with E-state index in [1.165, 1.54) is 25.9 Å². The zero-order valence-electron chi connectivity index (χ0n) is 9.21. The second-order valence-electron chi connectivity index (χ2n) is 5.12. The van der Waals surface area contributed by atoms with E-state index in [0.29, 0.717) is 6.61 Å². The molecule has 1 atom stereocenters. The van der Waals surface area contributed by atoms with Crippen molar-refractivity contribution in [3.8, 4) is 0 Å². The van der Waals surface area contributed by atoms with Crippen molar-refractivity contribution in [3.05, 3.63) is 0 Å². The average Bonchev–Trinajstić information content (AvgIpc) is 2.52. The summed E-state index contributed by atoms with van der Waals surface area (Å²) in [6.45, 7) is 10.3. The zero-order valence-corrected chi connectivity index (χ0v) is 9.21. The summed E-state index contributed by atoms with van der Waals surface area (Å²) >= 11 is 0. The lowest BCUT2D eigenvalue weighted by molar-refractivity contribution is 0.113. The van der Waals surface area contributed by atoms with Gasteiger partial charge in [-0.2, -0.15) is 0 Å². The number of hydrogen-bond acceptors (Lipinski definition) is 2. The summed E-state index contributed by atoms with van der Waals surface area (Å²) < 4.78 is 0. The van der Waals surface area contributed by atoms with E-state index in [2.05, 4.69) is 25.7 Å². The molecule has 0 saturated carbocycles. The maximum atomic E-state index is 9.15. The Hall–Kier alpha value is -0.0800. The lowest BCUT2D eigenvalue weighted by Gasteiger charge is -2.28. The molecule has 1 rings (SSSR count). The van der Waals surface area contributed by atoms with Crippen LogP contribution in [-0.2, 0) is 0 Å². The van der Waals surface area contributed by atoms with Crippen LogP contribution in [0.1, 0.15) is 33.6 Å². The van der Waals surface area contributed by atoms with Crippen LogP contribution in [0.2, 0.25) is 0 Å². The highest BCUT2D eigenvalue weighted by Gasteiger charge is 2.26. The summed E-state index contributed by atoms with van der Waals surface area (Å²) in [6.07, 6.45) is 2.65. The van der Waals surface area contributed by atoms with Gasteiger partial charge in [-0.1, -0.05) is 27.2 Å². The third-order valence-electron chi connectivity index (χ3n) is 3.03. The molecule has 1 unspecified atom stereocenters. The number of aliphatic hydroxyl groups is 1. The van der Waals surface area contributed by atoms with Gasteiger partial charge in [0.05, 0.1) is 0 Å². The molecule has 2 heteroatoms. The summed E-state index contributed by atoms with van der Waals surface area (Å²) in [4.78, 5) is 2.49. The second kappa shape index (κ2) is 4.43. The molecule has 0 radical (unpaired) electrons. The fourth-order valence-corrected chi connectivity index (χ4v) is 2.05. The molecule has 1 heterocycles. The van der Waals surface area contributed by atoms with Crippen LogP contribution < -0.4 is 0 Å². The molecular formula is C11H23NO. The number of nitrogens with zero attached hydrogens (tertiary/aromatic N) is 1. The van der Waals surface area contributed by atoms with Gasteiger partial charge in [0.15, 0.2) is 0 Å². The predicted octanol–water partition coefficient (Wildman–Crippen LogP) is 1.74. The van der Waals surface area contributed by atoms with Gasteiger partial charge in [0.1, 0.15) is 0 Å². The van der Waals surface area contributed by atoms with E-state index in [-0.39, 0.29) is 5.41 Å². The fraction of sp³-hybridized carbons (Fsp3) is 1.00. The molecular weight excluding hydrogens is 162 g/mol. The molecule has 0 bridgehead atoms. The van der Waals surface area contributed by atoms with Crippen molar-refractivity contribution in [3.63, 3.8) is 0 Å². The Labute approximate surface area is 81.9 Å². The van der Waals surface area contributed by atoms with Crippen LogP contribution in [0.15, 0.2) is 0 Å². The summed E-state index contributed by atoms with van der Waals surface area (Å²) in [7, 11) is 0. The van der Waals surface area contributed by atoms with Gasteiger partial charge in [-0.15, -0.1) is 0 Å². The number of rotatable bonds is 4. The molecule has 1 aliphatic heterocycles. The fourth-order valence-electron chi connectivity index (χ4n) is 2.05. The third-order valence-corrected chi connectivity index (χ3v) is 3.03. The van der Waals surface area contributed by atoms with Gasteiger partial charge in [0.2, 0.25) is 0 Å². The topological polar surface area (TPSA) is 23.5 Å². The summed E-state index contributed by atoms with van der Waals surface area (Å²) in [5.41, 5.74) is 0.0721. The lowest BCUT2D eigenvalue weighted by Crippen LogP contribution is -2.35. The highest BCUT2D eigenvalue weighted by atomic mass is 16.3. The van der Waals surface area contributed by atoms with Crippen LogP contribution in [0.4, 0.5) is 0 Å². The van der Waals surface area contributed by atoms with Gasteiger partial charge in [-0.3, -0.25) is 0 Å². The molecule has 78 valence electrons. The van der Waals surface area contributed by atoms with Crippen molar-refractivity contribution in [2.75, 3.05) is 26.2 Å². The van der Waals surface area contributed by atoms with E-state index in [4.69, 9.17) is 5.11 Å². The molecule has 13 heavy (non-hydrogen) atoms.